The van der Waals surface area contributed by atoms with Crippen molar-refractivity contribution in [1.29, 1.82) is 0 Å². The number of hydrogen-bond donors (Lipinski definition) is 2. The summed E-state index contributed by atoms with van der Waals surface area (Å²) in [5.74, 6) is -3.46. The lowest BCUT2D eigenvalue weighted by atomic mass is 10.0. The van der Waals surface area contributed by atoms with E-state index in [0.29, 0.717) is 12.8 Å². The maximum absolute atomic E-state index is 12.8. The van der Waals surface area contributed by atoms with Crippen LogP contribution < -0.4 is 0 Å². The first-order valence-electron chi connectivity index (χ1n) is 12.6. The Hall–Kier alpha value is -1.92. The molecule has 0 aliphatic carbocycles. The number of carbonyl (C=O) groups is 4. The Morgan fingerprint density at radius 2 is 0.969 bits per heavy atom. The summed E-state index contributed by atoms with van der Waals surface area (Å²) in [5, 5.41) is 18.5. The molecule has 7 nitrogen and oxygen atoms in total. The van der Waals surface area contributed by atoms with Gasteiger partial charge in [0.2, 0.25) is 11.8 Å². The lowest BCUT2D eigenvalue weighted by Crippen LogP contribution is -2.48. The average Bonchev–Trinajstić information content (AvgIpc) is 2.74. The lowest BCUT2D eigenvalue weighted by Gasteiger charge is -2.27. The Labute approximate surface area is 193 Å². The number of carboxylic acids is 2. The van der Waals surface area contributed by atoms with Crippen molar-refractivity contribution in [3.8, 4) is 0 Å². The van der Waals surface area contributed by atoms with E-state index in [1.807, 2.05) is 0 Å². The second kappa shape index (κ2) is 19.7. The van der Waals surface area contributed by atoms with Crippen molar-refractivity contribution in [2.45, 2.75) is 135 Å². The molecule has 0 spiro atoms. The molecule has 0 aromatic heterocycles. The maximum Gasteiger partial charge on any atom is 0.326 e. The van der Waals surface area contributed by atoms with Crippen LogP contribution in [0.4, 0.5) is 0 Å². The number of imide groups is 1. The molecule has 186 valence electrons. The van der Waals surface area contributed by atoms with Gasteiger partial charge in [0, 0.05) is 19.3 Å². The van der Waals surface area contributed by atoms with E-state index < -0.39 is 36.2 Å². The predicted molar refractivity (Wildman–Crippen MR) is 125 cm³/mol. The molecular weight excluding hydrogens is 410 g/mol. The molecule has 0 saturated carbocycles. The topological polar surface area (TPSA) is 112 Å². The first kappa shape index (κ1) is 30.1. The van der Waals surface area contributed by atoms with Crippen LogP contribution in [0.15, 0.2) is 0 Å². The van der Waals surface area contributed by atoms with E-state index in [0.717, 1.165) is 43.4 Å². The van der Waals surface area contributed by atoms with Crippen LogP contribution in [0.5, 0.6) is 0 Å². The number of aliphatic carboxylic acids is 2. The minimum atomic E-state index is -1.42. The third kappa shape index (κ3) is 15.0. The number of unbranched alkanes of at least 4 members (excludes halogenated alkanes) is 12. The highest BCUT2D eigenvalue weighted by atomic mass is 16.4. The summed E-state index contributed by atoms with van der Waals surface area (Å²) in [5.41, 5.74) is 0. The van der Waals surface area contributed by atoms with Crippen LogP contribution in [-0.2, 0) is 19.2 Å². The summed E-state index contributed by atoms with van der Waals surface area (Å²) < 4.78 is 0. The first-order chi connectivity index (χ1) is 15.3. The second-order valence-electron chi connectivity index (χ2n) is 8.69. The molecule has 32 heavy (non-hydrogen) atoms. The number of nitrogens with zero attached hydrogens (tertiary/aromatic N) is 1. The molecule has 0 saturated heterocycles. The second-order valence-corrected chi connectivity index (χ2v) is 8.69. The summed E-state index contributed by atoms with van der Waals surface area (Å²) in [6, 6.07) is -1.42. The van der Waals surface area contributed by atoms with Gasteiger partial charge in [0.05, 0.1) is 0 Å². The quantitative estimate of drug-likeness (QED) is 0.207. The Kier molecular flexibility index (Phi) is 18.6. The summed E-state index contributed by atoms with van der Waals surface area (Å²) in [6.45, 7) is 4.31. The van der Waals surface area contributed by atoms with Crippen molar-refractivity contribution >= 4 is 23.8 Å². The molecular formula is C25H45NO6. The smallest absolute Gasteiger partial charge is 0.326 e. The zero-order valence-electron chi connectivity index (χ0n) is 20.3. The van der Waals surface area contributed by atoms with Crippen molar-refractivity contribution in [1.82, 2.24) is 4.90 Å². The molecule has 0 aromatic rings. The number of carboxylic acid groups (broad SMARTS) is 2. The zero-order chi connectivity index (χ0) is 24.2. The van der Waals surface area contributed by atoms with E-state index in [-0.39, 0.29) is 19.3 Å². The zero-order valence-corrected chi connectivity index (χ0v) is 20.3. The first-order valence-corrected chi connectivity index (χ1v) is 12.6. The number of rotatable bonds is 21. The van der Waals surface area contributed by atoms with Gasteiger partial charge in [-0.05, 0) is 19.3 Å². The minimum Gasteiger partial charge on any atom is -0.481 e. The fourth-order valence-electron chi connectivity index (χ4n) is 3.82. The molecule has 0 heterocycles. The normalized spacial score (nSPS) is 11.8. The molecule has 0 aliphatic heterocycles. The van der Waals surface area contributed by atoms with Crippen LogP contribution in [0.3, 0.4) is 0 Å². The van der Waals surface area contributed by atoms with Crippen molar-refractivity contribution in [2.75, 3.05) is 0 Å². The van der Waals surface area contributed by atoms with Gasteiger partial charge in [0.1, 0.15) is 6.04 Å². The van der Waals surface area contributed by atoms with Gasteiger partial charge in [-0.2, -0.15) is 0 Å². The molecule has 2 N–H and O–H groups in total. The van der Waals surface area contributed by atoms with Crippen molar-refractivity contribution in [3.63, 3.8) is 0 Å². The standard InChI is InChI=1S/C25H45NO6/c1-3-5-7-9-11-13-15-17-22(27)26(21(25(31)32)19-20-24(29)30)23(28)18-16-14-12-10-8-6-4-2/h21H,3-20H2,1-2H3,(H,29,30)(H,31,32)/t21-/m0/s1. The molecule has 0 radical (unpaired) electrons. The number of amides is 2. The molecule has 0 unspecified atom stereocenters. The Balaban J connectivity index is 4.82. The average molecular weight is 456 g/mol. The maximum atomic E-state index is 12.8. The van der Waals surface area contributed by atoms with E-state index >= 15 is 0 Å². The van der Waals surface area contributed by atoms with Crippen molar-refractivity contribution < 1.29 is 29.4 Å². The monoisotopic (exact) mass is 455 g/mol. The molecule has 0 rings (SSSR count). The van der Waals surface area contributed by atoms with Gasteiger partial charge in [0.15, 0.2) is 0 Å². The molecule has 1 atom stereocenters. The van der Waals surface area contributed by atoms with E-state index in [2.05, 4.69) is 13.8 Å². The van der Waals surface area contributed by atoms with Gasteiger partial charge >= 0.3 is 11.9 Å². The summed E-state index contributed by atoms with van der Waals surface area (Å²) in [4.78, 5) is 49.2. The van der Waals surface area contributed by atoms with Gasteiger partial charge in [-0.25, -0.2) is 4.79 Å². The van der Waals surface area contributed by atoms with Crippen LogP contribution >= 0.6 is 0 Å². The van der Waals surface area contributed by atoms with Gasteiger partial charge < -0.3 is 10.2 Å². The van der Waals surface area contributed by atoms with Gasteiger partial charge in [0.25, 0.3) is 0 Å². The van der Waals surface area contributed by atoms with Gasteiger partial charge in [-0.1, -0.05) is 90.9 Å². The minimum absolute atomic E-state index is 0.118. The number of carbonyl (C=O) groups excluding carboxylic acids is 2. The summed E-state index contributed by atoms with van der Waals surface area (Å²) in [6.07, 6.45) is 13.8. The molecule has 2 amide bonds. The van der Waals surface area contributed by atoms with E-state index in [1.165, 1.54) is 38.5 Å². The fraction of sp³-hybridized carbons (Fsp3) is 0.840. The van der Waals surface area contributed by atoms with Gasteiger partial charge in [-0.15, -0.1) is 0 Å². The predicted octanol–water partition coefficient (Wildman–Crippen LogP) is 5.94. The van der Waals surface area contributed by atoms with Crippen LogP contribution in [0, 0.1) is 0 Å². The molecule has 0 aliphatic rings. The van der Waals surface area contributed by atoms with Crippen LogP contribution in [0.2, 0.25) is 0 Å². The molecule has 0 bridgehead atoms. The highest BCUT2D eigenvalue weighted by molar-refractivity contribution is 5.99. The highest BCUT2D eigenvalue weighted by Gasteiger charge is 2.34. The summed E-state index contributed by atoms with van der Waals surface area (Å²) >= 11 is 0. The largest absolute Gasteiger partial charge is 0.481 e. The van der Waals surface area contributed by atoms with E-state index in [1.54, 1.807) is 0 Å². The Bertz CT molecular complexity index is 519. The van der Waals surface area contributed by atoms with Crippen molar-refractivity contribution in [2.24, 2.45) is 0 Å². The third-order valence-corrected chi connectivity index (χ3v) is 5.75. The molecule has 0 fully saturated rings. The Morgan fingerprint density at radius 3 is 1.31 bits per heavy atom. The van der Waals surface area contributed by atoms with Crippen molar-refractivity contribution in [3.05, 3.63) is 0 Å². The molecule has 7 heteroatoms. The van der Waals surface area contributed by atoms with Crippen LogP contribution in [0.25, 0.3) is 0 Å². The third-order valence-electron chi connectivity index (χ3n) is 5.75. The van der Waals surface area contributed by atoms with E-state index in [9.17, 15) is 24.3 Å². The van der Waals surface area contributed by atoms with E-state index in [4.69, 9.17) is 5.11 Å². The fourth-order valence-corrected chi connectivity index (χ4v) is 3.82. The Morgan fingerprint density at radius 1 is 0.594 bits per heavy atom. The highest BCUT2D eigenvalue weighted by Crippen LogP contribution is 2.17. The number of hydrogen-bond acceptors (Lipinski definition) is 4. The summed E-state index contributed by atoms with van der Waals surface area (Å²) in [7, 11) is 0. The molecule has 0 aromatic carbocycles. The van der Waals surface area contributed by atoms with Gasteiger partial charge in [-0.3, -0.25) is 19.3 Å². The lowest BCUT2D eigenvalue weighted by molar-refractivity contribution is -0.159. The van der Waals surface area contributed by atoms with Crippen LogP contribution in [-0.4, -0.2) is 44.9 Å². The SMILES string of the molecule is CCCCCCCCCC(=O)N(C(=O)CCCCCCCCC)[C@@H](CCC(=O)O)C(=O)O. The van der Waals surface area contributed by atoms with Crippen LogP contribution in [0.1, 0.15) is 129 Å².